The van der Waals surface area contributed by atoms with Crippen molar-refractivity contribution in [3.05, 3.63) is 90.6 Å². The summed E-state index contributed by atoms with van der Waals surface area (Å²) in [6, 6.07) is 25.6. The Labute approximate surface area is 184 Å². The van der Waals surface area contributed by atoms with Gasteiger partial charge < -0.3 is 15.1 Å². The second-order valence-corrected chi connectivity index (χ2v) is 9.38. The van der Waals surface area contributed by atoms with Gasteiger partial charge in [0.05, 0.1) is 6.16 Å². The van der Waals surface area contributed by atoms with Crippen LogP contribution in [0.2, 0.25) is 0 Å². The van der Waals surface area contributed by atoms with Crippen LogP contribution in [0.25, 0.3) is 27.5 Å². The van der Waals surface area contributed by atoms with Gasteiger partial charge in [0.2, 0.25) is 5.95 Å². The number of aryl methyl sites for hydroxylation is 1. The van der Waals surface area contributed by atoms with Crippen LogP contribution in [-0.2, 0) is 11.0 Å². The van der Waals surface area contributed by atoms with Crippen molar-refractivity contribution in [2.45, 2.75) is 6.42 Å². The number of nitrogens with zero attached hydrogens (tertiary/aromatic N) is 3. The Hall–Kier alpha value is -3.51. The highest BCUT2D eigenvalue weighted by atomic mass is 31.2. The highest BCUT2D eigenvalue weighted by Crippen LogP contribution is 2.36. The molecule has 0 aliphatic carbocycles. The molecule has 2 aromatic heterocycles. The number of anilines is 2. The first-order valence-electron chi connectivity index (χ1n) is 10.2. The first-order valence-corrected chi connectivity index (χ1v) is 12.0. The number of hydrogen-bond acceptors (Lipinski definition) is 4. The van der Waals surface area contributed by atoms with Crippen LogP contribution in [0.3, 0.4) is 0 Å². The molecule has 0 amide bonds. The van der Waals surface area contributed by atoms with Crippen molar-refractivity contribution < 1.29 is 14.4 Å². The zero-order valence-corrected chi connectivity index (χ0v) is 18.0. The largest absolute Gasteiger partial charge is 0.325 e. The zero-order chi connectivity index (χ0) is 22.1. The summed E-state index contributed by atoms with van der Waals surface area (Å²) in [4.78, 5) is 23.3. The van der Waals surface area contributed by atoms with E-state index in [1.807, 2.05) is 79.0 Å². The second-order valence-electron chi connectivity index (χ2n) is 7.61. The number of fused-ring (bicyclic) bond motifs is 2. The van der Waals surface area contributed by atoms with Crippen molar-refractivity contribution in [1.29, 1.82) is 0 Å². The lowest BCUT2D eigenvalue weighted by molar-refractivity contribution is 0.373. The summed E-state index contributed by atoms with van der Waals surface area (Å²) in [6.45, 7) is 0. The fourth-order valence-electron chi connectivity index (χ4n) is 3.82. The van der Waals surface area contributed by atoms with E-state index in [2.05, 4.69) is 16.5 Å². The third-order valence-electron chi connectivity index (χ3n) is 5.35. The van der Waals surface area contributed by atoms with Crippen LogP contribution in [0, 0.1) is 0 Å². The van der Waals surface area contributed by atoms with Crippen molar-refractivity contribution in [2.75, 3.05) is 11.5 Å². The third-order valence-corrected chi connectivity index (χ3v) is 6.15. The molecule has 5 rings (SSSR count). The van der Waals surface area contributed by atoms with Crippen LogP contribution in [0.4, 0.5) is 11.6 Å². The van der Waals surface area contributed by atoms with Crippen molar-refractivity contribution in [3.8, 4) is 11.1 Å². The zero-order valence-electron chi connectivity index (χ0n) is 17.1. The van der Waals surface area contributed by atoms with Gasteiger partial charge >= 0.3 is 7.60 Å². The molecular formula is C24H21N4O3P. The smallest absolute Gasteiger partial charge is 0.324 e. The van der Waals surface area contributed by atoms with E-state index in [-0.39, 0.29) is 6.16 Å². The third kappa shape index (κ3) is 4.27. The summed E-state index contributed by atoms with van der Waals surface area (Å²) in [6.07, 6.45) is 1.99. The summed E-state index contributed by atoms with van der Waals surface area (Å²) in [7, 11) is -4.07. The van der Waals surface area contributed by atoms with E-state index in [4.69, 9.17) is 4.98 Å². The van der Waals surface area contributed by atoms with E-state index in [1.54, 1.807) is 4.52 Å². The van der Waals surface area contributed by atoms with Crippen molar-refractivity contribution in [1.82, 2.24) is 14.6 Å². The Balaban J connectivity index is 1.55. The van der Waals surface area contributed by atoms with Gasteiger partial charge in [0.1, 0.15) is 0 Å². The summed E-state index contributed by atoms with van der Waals surface area (Å²) >= 11 is 0. The Morgan fingerprint density at radius 1 is 0.938 bits per heavy atom. The molecule has 0 bridgehead atoms. The Bertz CT molecular complexity index is 1460. The maximum absolute atomic E-state index is 11.4. The molecule has 3 aromatic carbocycles. The fraction of sp³-hybridized carbons (Fsp3) is 0.0833. The summed E-state index contributed by atoms with van der Waals surface area (Å²) < 4.78 is 13.1. The normalized spacial score (nSPS) is 11.8. The average Bonchev–Trinajstić information content (AvgIpc) is 3.20. The number of rotatable bonds is 6. The van der Waals surface area contributed by atoms with Gasteiger partial charge in [-0.25, -0.2) is 4.52 Å². The molecule has 5 aromatic rings. The molecule has 0 saturated carbocycles. The van der Waals surface area contributed by atoms with Crippen LogP contribution in [0.15, 0.2) is 85.1 Å². The molecule has 0 unspecified atom stereocenters. The van der Waals surface area contributed by atoms with Crippen LogP contribution < -0.4 is 5.32 Å². The predicted octanol–water partition coefficient (Wildman–Crippen LogP) is 5.01. The number of aromatic nitrogens is 3. The van der Waals surface area contributed by atoms with Crippen LogP contribution >= 0.6 is 7.60 Å². The standard InChI is InChI=1S/C24H21N4O3P/c29-32(30,31)15-13-18-7-4-6-17-11-12-19(16-22(17)18)21-10-5-14-28-23(21)26-24(27-28)25-20-8-2-1-3-9-20/h1-12,14,16H,13,15H2,(H,25,27)(H2,29,30,31). The lowest BCUT2D eigenvalue weighted by Crippen LogP contribution is -1.95. The van der Waals surface area contributed by atoms with E-state index in [9.17, 15) is 14.4 Å². The molecule has 0 aliphatic heterocycles. The van der Waals surface area contributed by atoms with E-state index in [0.29, 0.717) is 12.4 Å². The van der Waals surface area contributed by atoms with Crippen molar-refractivity contribution in [2.24, 2.45) is 0 Å². The Morgan fingerprint density at radius 2 is 1.78 bits per heavy atom. The average molecular weight is 444 g/mol. The molecular weight excluding hydrogens is 423 g/mol. The molecule has 0 radical (unpaired) electrons. The molecule has 8 heteroatoms. The van der Waals surface area contributed by atoms with Gasteiger partial charge in [0, 0.05) is 17.4 Å². The molecule has 0 atom stereocenters. The second kappa shape index (κ2) is 8.20. The minimum absolute atomic E-state index is 0.176. The van der Waals surface area contributed by atoms with Gasteiger partial charge in [-0.3, -0.25) is 4.57 Å². The lowest BCUT2D eigenvalue weighted by atomic mass is 9.97. The number of para-hydroxylation sites is 1. The molecule has 32 heavy (non-hydrogen) atoms. The van der Waals surface area contributed by atoms with Crippen molar-refractivity contribution in [3.63, 3.8) is 0 Å². The minimum atomic E-state index is -4.07. The van der Waals surface area contributed by atoms with Gasteiger partial charge in [-0.1, -0.05) is 48.5 Å². The number of nitrogens with one attached hydrogen (secondary N) is 1. The molecule has 7 nitrogen and oxygen atoms in total. The van der Waals surface area contributed by atoms with Gasteiger partial charge in [-0.2, -0.15) is 4.98 Å². The topological polar surface area (TPSA) is 99.8 Å². The van der Waals surface area contributed by atoms with Crippen LogP contribution in [-0.4, -0.2) is 30.5 Å². The Morgan fingerprint density at radius 3 is 2.59 bits per heavy atom. The number of hydrogen-bond donors (Lipinski definition) is 3. The van der Waals surface area contributed by atoms with E-state index >= 15 is 0 Å². The molecule has 3 N–H and O–H groups in total. The van der Waals surface area contributed by atoms with Crippen LogP contribution in [0.5, 0.6) is 0 Å². The molecule has 0 spiro atoms. The lowest BCUT2D eigenvalue weighted by Gasteiger charge is -2.10. The summed E-state index contributed by atoms with van der Waals surface area (Å²) in [5.74, 6) is 0.506. The van der Waals surface area contributed by atoms with E-state index in [1.165, 1.54) is 0 Å². The quantitative estimate of drug-likeness (QED) is 0.318. The predicted molar refractivity (Wildman–Crippen MR) is 126 cm³/mol. The SMILES string of the molecule is O=P(O)(O)CCc1cccc2ccc(-c3cccn4nc(Nc5ccccc5)nc34)cc12. The van der Waals surface area contributed by atoms with Crippen LogP contribution in [0.1, 0.15) is 5.56 Å². The van der Waals surface area contributed by atoms with E-state index in [0.717, 1.165) is 38.8 Å². The fourth-order valence-corrected chi connectivity index (χ4v) is 4.36. The number of pyridine rings is 1. The molecule has 0 aliphatic rings. The first-order chi connectivity index (χ1) is 15.5. The monoisotopic (exact) mass is 444 g/mol. The van der Waals surface area contributed by atoms with Gasteiger partial charge in [-0.15, -0.1) is 5.10 Å². The highest BCUT2D eigenvalue weighted by Gasteiger charge is 2.15. The van der Waals surface area contributed by atoms with Gasteiger partial charge in [-0.05, 0) is 58.7 Å². The summed E-state index contributed by atoms with van der Waals surface area (Å²) in [5.41, 5.74) is 4.43. The molecule has 0 fully saturated rings. The molecule has 2 heterocycles. The maximum Gasteiger partial charge on any atom is 0.325 e. The molecule has 160 valence electrons. The highest BCUT2D eigenvalue weighted by molar-refractivity contribution is 7.51. The van der Waals surface area contributed by atoms with Gasteiger partial charge in [0.15, 0.2) is 5.65 Å². The maximum atomic E-state index is 11.4. The van der Waals surface area contributed by atoms with E-state index < -0.39 is 7.60 Å². The van der Waals surface area contributed by atoms with Gasteiger partial charge in [0.25, 0.3) is 0 Å². The Kier molecular flexibility index (Phi) is 5.23. The van der Waals surface area contributed by atoms with Crippen molar-refractivity contribution >= 4 is 35.7 Å². The summed E-state index contributed by atoms with van der Waals surface area (Å²) in [5, 5.41) is 9.76. The molecule has 0 saturated heterocycles. The minimum Gasteiger partial charge on any atom is -0.324 e. The number of benzene rings is 3. The first kappa shape index (κ1) is 20.4.